The topological polar surface area (TPSA) is 33.7 Å². The molecule has 0 aliphatic carbocycles. The molecule has 1 heterocycles. The highest BCUT2D eigenvalue weighted by Gasteiger charge is 2.27. The van der Waals surface area contributed by atoms with E-state index in [0.29, 0.717) is 23.3 Å². The van der Waals surface area contributed by atoms with E-state index in [9.17, 15) is 0 Å². The van der Waals surface area contributed by atoms with E-state index in [1.54, 1.807) is 0 Å². The lowest BCUT2D eigenvalue weighted by atomic mass is 9.96. The summed E-state index contributed by atoms with van der Waals surface area (Å²) in [4.78, 5) is 2.46. The standard InChI is InChI=1S/C22H28Cl2N2O2/c1-3-27-19-10-9-16(15-20(19)28-4-2)22(26-13-6-11-25-12-14-26)17-7-5-8-18(23)21(17)24/h5,7-10,15,22,25H,3-4,6,11-14H2,1-2H3. The first-order valence-corrected chi connectivity index (χ1v) is 10.7. The fraction of sp³-hybridized carbons (Fsp3) is 0.455. The lowest BCUT2D eigenvalue weighted by molar-refractivity contribution is 0.239. The molecule has 1 aliphatic heterocycles. The Hall–Kier alpha value is -1.46. The zero-order valence-electron chi connectivity index (χ0n) is 16.5. The molecule has 0 aromatic heterocycles. The second-order valence-electron chi connectivity index (χ2n) is 6.76. The molecule has 0 saturated carbocycles. The highest BCUT2D eigenvalue weighted by molar-refractivity contribution is 6.42. The van der Waals surface area contributed by atoms with Crippen LogP contribution in [0, 0.1) is 0 Å². The summed E-state index contributed by atoms with van der Waals surface area (Å²) in [6.07, 6.45) is 1.09. The van der Waals surface area contributed by atoms with Gasteiger partial charge in [0.15, 0.2) is 11.5 Å². The number of hydrogen-bond acceptors (Lipinski definition) is 4. The van der Waals surface area contributed by atoms with Gasteiger partial charge in [0.05, 0.1) is 29.3 Å². The van der Waals surface area contributed by atoms with Crippen molar-refractivity contribution >= 4 is 23.2 Å². The van der Waals surface area contributed by atoms with Crippen LogP contribution < -0.4 is 14.8 Å². The Kier molecular flexibility index (Phi) is 7.86. The summed E-state index contributed by atoms with van der Waals surface area (Å²) in [6.45, 7) is 9.03. The summed E-state index contributed by atoms with van der Waals surface area (Å²) in [5.74, 6) is 1.53. The molecule has 1 aliphatic rings. The van der Waals surface area contributed by atoms with Crippen molar-refractivity contribution in [3.8, 4) is 11.5 Å². The minimum Gasteiger partial charge on any atom is -0.490 e. The summed E-state index contributed by atoms with van der Waals surface area (Å²) >= 11 is 13.0. The minimum absolute atomic E-state index is 0.000910. The quantitative estimate of drug-likeness (QED) is 0.666. The molecule has 152 valence electrons. The molecule has 0 bridgehead atoms. The number of rotatable bonds is 7. The second kappa shape index (κ2) is 10.4. The van der Waals surface area contributed by atoms with Crippen molar-refractivity contribution in [1.82, 2.24) is 10.2 Å². The maximum Gasteiger partial charge on any atom is 0.161 e. The SMILES string of the molecule is CCOc1ccc(C(c2cccc(Cl)c2Cl)N2CCCNCC2)cc1OCC. The normalized spacial score (nSPS) is 16.4. The third kappa shape index (κ3) is 4.93. The molecule has 4 nitrogen and oxygen atoms in total. The summed E-state index contributed by atoms with van der Waals surface area (Å²) in [5, 5.41) is 4.66. The van der Waals surface area contributed by atoms with Crippen LogP contribution in [0.5, 0.6) is 11.5 Å². The largest absolute Gasteiger partial charge is 0.490 e. The molecule has 0 radical (unpaired) electrons. The van der Waals surface area contributed by atoms with Crippen molar-refractivity contribution in [3.63, 3.8) is 0 Å². The summed E-state index contributed by atoms with van der Waals surface area (Å²) in [5.41, 5.74) is 2.14. The van der Waals surface area contributed by atoms with Crippen LogP contribution in [0.15, 0.2) is 36.4 Å². The Balaban J connectivity index is 2.07. The summed E-state index contributed by atoms with van der Waals surface area (Å²) in [7, 11) is 0. The van der Waals surface area contributed by atoms with Gasteiger partial charge in [-0.2, -0.15) is 0 Å². The van der Waals surface area contributed by atoms with Crippen molar-refractivity contribution in [2.24, 2.45) is 0 Å². The number of nitrogens with one attached hydrogen (secondary N) is 1. The van der Waals surface area contributed by atoms with Crippen LogP contribution >= 0.6 is 23.2 Å². The maximum atomic E-state index is 6.65. The average Bonchev–Trinajstić information content (AvgIpc) is 2.97. The monoisotopic (exact) mass is 422 g/mol. The number of benzene rings is 2. The van der Waals surface area contributed by atoms with Crippen LogP contribution in [-0.4, -0.2) is 44.3 Å². The van der Waals surface area contributed by atoms with Gasteiger partial charge in [0, 0.05) is 19.6 Å². The Morgan fingerprint density at radius 1 is 1.00 bits per heavy atom. The predicted molar refractivity (Wildman–Crippen MR) is 116 cm³/mol. The third-order valence-corrected chi connectivity index (χ3v) is 5.73. The zero-order chi connectivity index (χ0) is 19.9. The molecule has 1 unspecified atom stereocenters. The Labute approximate surface area is 177 Å². The molecular formula is C22H28Cl2N2O2. The van der Waals surface area contributed by atoms with Crippen LogP contribution in [0.4, 0.5) is 0 Å². The van der Waals surface area contributed by atoms with Gasteiger partial charge in [0.2, 0.25) is 0 Å². The van der Waals surface area contributed by atoms with Gasteiger partial charge in [-0.05, 0) is 56.1 Å². The van der Waals surface area contributed by atoms with Gasteiger partial charge in [-0.1, -0.05) is 41.4 Å². The molecule has 1 atom stereocenters. The zero-order valence-corrected chi connectivity index (χ0v) is 18.0. The first-order chi connectivity index (χ1) is 13.7. The molecule has 6 heteroatoms. The highest BCUT2D eigenvalue weighted by Crippen LogP contribution is 2.40. The Morgan fingerprint density at radius 3 is 2.57 bits per heavy atom. The van der Waals surface area contributed by atoms with E-state index in [-0.39, 0.29) is 6.04 Å². The van der Waals surface area contributed by atoms with Gasteiger partial charge in [-0.15, -0.1) is 0 Å². The lowest BCUT2D eigenvalue weighted by Crippen LogP contribution is -2.33. The molecule has 1 fully saturated rings. The first kappa shape index (κ1) is 21.3. The minimum atomic E-state index is 0.000910. The molecule has 3 rings (SSSR count). The van der Waals surface area contributed by atoms with Gasteiger partial charge < -0.3 is 14.8 Å². The number of ether oxygens (including phenoxy) is 2. The molecular weight excluding hydrogens is 395 g/mol. The molecule has 2 aromatic rings. The first-order valence-electron chi connectivity index (χ1n) is 9.93. The van der Waals surface area contributed by atoms with Crippen LogP contribution in [0.25, 0.3) is 0 Å². The maximum absolute atomic E-state index is 6.65. The van der Waals surface area contributed by atoms with Gasteiger partial charge in [0.25, 0.3) is 0 Å². The Morgan fingerprint density at radius 2 is 1.79 bits per heavy atom. The smallest absolute Gasteiger partial charge is 0.161 e. The predicted octanol–water partition coefficient (Wildman–Crippen LogP) is 5.18. The molecule has 0 amide bonds. The van der Waals surface area contributed by atoms with E-state index in [0.717, 1.165) is 55.2 Å². The van der Waals surface area contributed by atoms with Gasteiger partial charge in [0.1, 0.15) is 0 Å². The van der Waals surface area contributed by atoms with Crippen molar-refractivity contribution in [2.75, 3.05) is 39.4 Å². The molecule has 1 saturated heterocycles. The van der Waals surface area contributed by atoms with E-state index in [1.165, 1.54) is 0 Å². The van der Waals surface area contributed by atoms with Crippen molar-refractivity contribution in [1.29, 1.82) is 0 Å². The highest BCUT2D eigenvalue weighted by atomic mass is 35.5. The van der Waals surface area contributed by atoms with Crippen LogP contribution in [0.3, 0.4) is 0 Å². The van der Waals surface area contributed by atoms with E-state index >= 15 is 0 Å². The van der Waals surface area contributed by atoms with Crippen LogP contribution in [0.2, 0.25) is 10.0 Å². The fourth-order valence-corrected chi connectivity index (χ4v) is 4.09. The lowest BCUT2D eigenvalue weighted by Gasteiger charge is -2.32. The summed E-state index contributed by atoms with van der Waals surface area (Å²) < 4.78 is 11.6. The molecule has 0 spiro atoms. The van der Waals surface area contributed by atoms with Crippen LogP contribution in [0.1, 0.15) is 37.4 Å². The van der Waals surface area contributed by atoms with Gasteiger partial charge >= 0.3 is 0 Å². The average molecular weight is 423 g/mol. The van der Waals surface area contributed by atoms with Crippen LogP contribution in [-0.2, 0) is 0 Å². The third-order valence-electron chi connectivity index (χ3n) is 4.90. The van der Waals surface area contributed by atoms with E-state index in [1.807, 2.05) is 32.0 Å². The van der Waals surface area contributed by atoms with E-state index in [2.05, 4.69) is 28.4 Å². The van der Waals surface area contributed by atoms with Gasteiger partial charge in [-0.3, -0.25) is 4.90 Å². The van der Waals surface area contributed by atoms with Gasteiger partial charge in [-0.25, -0.2) is 0 Å². The van der Waals surface area contributed by atoms with Crippen molar-refractivity contribution < 1.29 is 9.47 Å². The second-order valence-corrected chi connectivity index (χ2v) is 7.54. The Bertz CT molecular complexity index is 777. The van der Waals surface area contributed by atoms with Crippen molar-refractivity contribution in [3.05, 3.63) is 57.6 Å². The molecule has 28 heavy (non-hydrogen) atoms. The number of halogens is 2. The molecule has 2 aromatic carbocycles. The number of hydrogen-bond donors (Lipinski definition) is 1. The number of nitrogens with zero attached hydrogens (tertiary/aromatic N) is 1. The molecule has 1 N–H and O–H groups in total. The van der Waals surface area contributed by atoms with E-state index < -0.39 is 0 Å². The van der Waals surface area contributed by atoms with E-state index in [4.69, 9.17) is 32.7 Å². The fourth-order valence-electron chi connectivity index (χ4n) is 3.68. The summed E-state index contributed by atoms with van der Waals surface area (Å²) in [6, 6.07) is 12.0. The van der Waals surface area contributed by atoms with Crippen molar-refractivity contribution in [2.45, 2.75) is 26.3 Å².